The first-order valence-electron chi connectivity index (χ1n) is 4.53. The second-order valence-electron chi connectivity index (χ2n) is 3.47. The average molecular weight is 224 g/mol. The van der Waals surface area contributed by atoms with Crippen LogP contribution in [0.1, 0.15) is 15.9 Å². The number of fused-ring (bicyclic) bond motifs is 1. The van der Waals surface area contributed by atoms with Gasteiger partial charge in [0.15, 0.2) is 0 Å². The molecule has 0 heterocycles. The van der Waals surface area contributed by atoms with Gasteiger partial charge in [0, 0.05) is 5.56 Å². The number of hydrogen-bond donors (Lipinski definition) is 1. The van der Waals surface area contributed by atoms with Crippen LogP contribution in [0.25, 0.3) is 10.8 Å². The molecule has 2 rings (SSSR count). The molecule has 0 saturated heterocycles. The van der Waals surface area contributed by atoms with Crippen LogP contribution in [0.4, 0.5) is 0 Å². The predicted octanol–water partition coefficient (Wildman–Crippen LogP) is -1.78. The van der Waals surface area contributed by atoms with Crippen molar-refractivity contribution in [3.8, 4) is 5.75 Å². The molecule has 16 heavy (non-hydrogen) atoms. The monoisotopic (exact) mass is 224 g/mol. The summed E-state index contributed by atoms with van der Waals surface area (Å²) in [5.41, 5.74) is 0.894. The van der Waals surface area contributed by atoms with Crippen LogP contribution < -0.4 is 34.7 Å². The third-order valence-electron chi connectivity index (χ3n) is 2.36. The Labute approximate surface area is 115 Å². The first-order valence-corrected chi connectivity index (χ1v) is 4.53. The molecule has 0 radical (unpaired) electrons. The summed E-state index contributed by atoms with van der Waals surface area (Å²) in [4.78, 5) is 10.8. The maximum atomic E-state index is 10.8. The smallest absolute Gasteiger partial charge is 0.545 e. The zero-order valence-electron chi connectivity index (χ0n) is 9.15. The van der Waals surface area contributed by atoms with E-state index in [0.717, 1.165) is 10.9 Å². The quantitative estimate of drug-likeness (QED) is 0.583. The Kier molecular flexibility index (Phi) is 3.97. The van der Waals surface area contributed by atoms with E-state index in [4.69, 9.17) is 0 Å². The second kappa shape index (κ2) is 4.87. The van der Waals surface area contributed by atoms with E-state index >= 15 is 0 Å². The van der Waals surface area contributed by atoms with Crippen molar-refractivity contribution in [2.45, 2.75) is 6.92 Å². The molecule has 0 bridgehead atoms. The fraction of sp³-hybridized carbons (Fsp3) is 0.0833. The molecule has 0 saturated carbocycles. The molecule has 2 aromatic rings. The van der Waals surface area contributed by atoms with Crippen LogP contribution in [0.5, 0.6) is 5.75 Å². The van der Waals surface area contributed by atoms with Gasteiger partial charge in [-0.1, -0.05) is 29.8 Å². The van der Waals surface area contributed by atoms with Crippen molar-refractivity contribution in [2.75, 3.05) is 0 Å². The van der Waals surface area contributed by atoms with Crippen molar-refractivity contribution in [3.05, 3.63) is 41.5 Å². The summed E-state index contributed by atoms with van der Waals surface area (Å²) < 4.78 is 0. The fourth-order valence-corrected chi connectivity index (χ4v) is 1.65. The van der Waals surface area contributed by atoms with Gasteiger partial charge in [-0.3, -0.25) is 0 Å². The molecule has 0 spiro atoms. The molecule has 0 unspecified atom stereocenters. The van der Waals surface area contributed by atoms with Gasteiger partial charge >= 0.3 is 29.6 Å². The third kappa shape index (κ3) is 2.21. The van der Waals surface area contributed by atoms with E-state index in [1.54, 1.807) is 18.2 Å². The van der Waals surface area contributed by atoms with E-state index in [2.05, 4.69) is 0 Å². The number of aromatic hydroxyl groups is 1. The van der Waals surface area contributed by atoms with E-state index in [1.807, 2.05) is 13.0 Å². The van der Waals surface area contributed by atoms with Gasteiger partial charge in [0.25, 0.3) is 0 Å². The van der Waals surface area contributed by atoms with Gasteiger partial charge in [-0.05, 0) is 23.8 Å². The van der Waals surface area contributed by atoms with Gasteiger partial charge in [-0.25, -0.2) is 0 Å². The summed E-state index contributed by atoms with van der Waals surface area (Å²) in [5, 5.41) is 21.6. The summed E-state index contributed by atoms with van der Waals surface area (Å²) in [6.07, 6.45) is 0. The molecule has 0 aliphatic carbocycles. The second-order valence-corrected chi connectivity index (χ2v) is 3.47. The zero-order chi connectivity index (χ0) is 11.0. The Morgan fingerprint density at radius 3 is 2.56 bits per heavy atom. The number of carbonyl (C=O) groups is 1. The summed E-state index contributed by atoms with van der Waals surface area (Å²) >= 11 is 0. The van der Waals surface area contributed by atoms with Crippen molar-refractivity contribution in [3.63, 3.8) is 0 Å². The van der Waals surface area contributed by atoms with Gasteiger partial charge in [-0.2, -0.15) is 0 Å². The van der Waals surface area contributed by atoms with Crippen LogP contribution in [0.15, 0.2) is 30.3 Å². The zero-order valence-corrected chi connectivity index (χ0v) is 11.2. The van der Waals surface area contributed by atoms with Crippen LogP contribution in [0, 0.1) is 6.92 Å². The van der Waals surface area contributed by atoms with E-state index in [1.165, 1.54) is 6.07 Å². The molecule has 4 heteroatoms. The van der Waals surface area contributed by atoms with E-state index in [9.17, 15) is 15.0 Å². The normalized spacial score (nSPS) is 9.81. The summed E-state index contributed by atoms with van der Waals surface area (Å²) in [5.74, 6) is -1.62. The number of phenols is 1. The summed E-state index contributed by atoms with van der Waals surface area (Å²) in [6, 6.07) is 8.39. The number of aryl methyl sites for hydroxylation is 1. The van der Waals surface area contributed by atoms with Crippen LogP contribution in [0.2, 0.25) is 0 Å². The number of carboxylic acids is 1. The Morgan fingerprint density at radius 1 is 1.25 bits per heavy atom. The average Bonchev–Trinajstić information content (AvgIpc) is 2.17. The summed E-state index contributed by atoms with van der Waals surface area (Å²) in [6.45, 7) is 1.92. The largest absolute Gasteiger partial charge is 1.00 e. The molecular formula is C12H9NaO3. The van der Waals surface area contributed by atoms with Crippen molar-refractivity contribution in [1.29, 1.82) is 0 Å². The molecule has 0 aliphatic rings. The summed E-state index contributed by atoms with van der Waals surface area (Å²) in [7, 11) is 0. The number of carbonyl (C=O) groups excluding carboxylic acids is 1. The van der Waals surface area contributed by atoms with Crippen LogP contribution in [0.3, 0.4) is 0 Å². The number of aromatic carboxylic acids is 1. The maximum Gasteiger partial charge on any atom is 1.00 e. The van der Waals surface area contributed by atoms with E-state index in [0.29, 0.717) is 5.39 Å². The number of carboxylic acid groups (broad SMARTS) is 1. The number of benzene rings is 2. The maximum absolute atomic E-state index is 10.8. The van der Waals surface area contributed by atoms with Crippen molar-refractivity contribution in [2.24, 2.45) is 0 Å². The fourth-order valence-electron chi connectivity index (χ4n) is 1.65. The Bertz CT molecular complexity index is 549. The van der Waals surface area contributed by atoms with Gasteiger partial charge in [0.05, 0.1) is 5.97 Å². The van der Waals surface area contributed by atoms with Crippen molar-refractivity contribution in [1.82, 2.24) is 0 Å². The van der Waals surface area contributed by atoms with Crippen molar-refractivity contribution >= 4 is 16.7 Å². The minimum absolute atomic E-state index is 0. The molecule has 0 amide bonds. The first kappa shape index (κ1) is 13.0. The minimum Gasteiger partial charge on any atom is -0.545 e. The van der Waals surface area contributed by atoms with Gasteiger partial charge in [0.1, 0.15) is 5.75 Å². The SMILES string of the molecule is Cc1ccc2c(C(=O)[O-])c(O)ccc2c1.[Na+]. The van der Waals surface area contributed by atoms with Crippen LogP contribution in [-0.2, 0) is 0 Å². The Hall–Kier alpha value is -1.03. The Balaban J connectivity index is 0.00000128. The molecule has 3 nitrogen and oxygen atoms in total. The van der Waals surface area contributed by atoms with Crippen molar-refractivity contribution < 1.29 is 44.6 Å². The molecule has 0 aromatic heterocycles. The number of rotatable bonds is 1. The minimum atomic E-state index is -1.36. The van der Waals surface area contributed by atoms with Gasteiger partial charge < -0.3 is 15.0 Å². The van der Waals surface area contributed by atoms with Gasteiger partial charge in [0.2, 0.25) is 0 Å². The molecule has 2 aromatic carbocycles. The Morgan fingerprint density at radius 2 is 1.94 bits per heavy atom. The number of hydrogen-bond acceptors (Lipinski definition) is 3. The van der Waals surface area contributed by atoms with E-state index in [-0.39, 0.29) is 40.9 Å². The topological polar surface area (TPSA) is 60.4 Å². The van der Waals surface area contributed by atoms with Gasteiger partial charge in [-0.15, -0.1) is 0 Å². The molecule has 1 N–H and O–H groups in total. The third-order valence-corrected chi connectivity index (χ3v) is 2.36. The molecule has 0 aliphatic heterocycles. The molecule has 76 valence electrons. The molecule has 0 atom stereocenters. The van der Waals surface area contributed by atoms with Crippen LogP contribution >= 0.6 is 0 Å². The molecule has 0 fully saturated rings. The van der Waals surface area contributed by atoms with E-state index < -0.39 is 5.97 Å². The predicted molar refractivity (Wildman–Crippen MR) is 54.7 cm³/mol. The van der Waals surface area contributed by atoms with Crippen LogP contribution in [-0.4, -0.2) is 11.1 Å². The standard InChI is InChI=1S/C12H10O3.Na/c1-7-2-4-9-8(6-7)3-5-10(13)11(9)12(14)15;/h2-6,13H,1H3,(H,14,15);/q;+1/p-1. The molecular weight excluding hydrogens is 215 g/mol. The first-order chi connectivity index (χ1) is 7.09.